The molecule has 0 amide bonds. The van der Waals surface area contributed by atoms with Gasteiger partial charge in [0.05, 0.1) is 15.5 Å². The SMILES string of the molecule is CCC1CCN(c2sc(C(=O)C3CC3)c(N)c2SC)C1. The molecular formula is C15H22N2OS2. The third-order valence-electron chi connectivity index (χ3n) is 4.41. The van der Waals surface area contributed by atoms with Crippen LogP contribution in [0, 0.1) is 11.8 Å². The van der Waals surface area contributed by atoms with Gasteiger partial charge in [-0.2, -0.15) is 0 Å². The number of hydrogen-bond donors (Lipinski definition) is 1. The molecule has 3 nitrogen and oxygen atoms in total. The monoisotopic (exact) mass is 310 g/mol. The highest BCUT2D eigenvalue weighted by atomic mass is 32.2. The molecule has 1 aromatic heterocycles. The number of thiophene rings is 1. The number of carbonyl (C=O) groups excluding carboxylic acids is 1. The maximum atomic E-state index is 12.3. The summed E-state index contributed by atoms with van der Waals surface area (Å²) in [6.07, 6.45) is 6.64. The number of nitrogens with zero attached hydrogens (tertiary/aromatic N) is 1. The van der Waals surface area contributed by atoms with E-state index in [1.807, 2.05) is 0 Å². The molecule has 0 radical (unpaired) electrons. The lowest BCUT2D eigenvalue weighted by molar-refractivity contribution is 0.0972. The highest BCUT2D eigenvalue weighted by Crippen LogP contribution is 2.47. The Hall–Kier alpha value is -0.680. The van der Waals surface area contributed by atoms with Crippen molar-refractivity contribution in [3.05, 3.63) is 4.88 Å². The van der Waals surface area contributed by atoms with Gasteiger partial charge in [0, 0.05) is 19.0 Å². The van der Waals surface area contributed by atoms with Crippen molar-refractivity contribution in [2.45, 2.75) is 37.5 Å². The van der Waals surface area contributed by atoms with Crippen LogP contribution in [0.4, 0.5) is 10.7 Å². The summed E-state index contributed by atoms with van der Waals surface area (Å²) in [7, 11) is 0. The van der Waals surface area contributed by atoms with Crippen LogP contribution < -0.4 is 10.6 Å². The minimum Gasteiger partial charge on any atom is -0.396 e. The zero-order valence-corrected chi connectivity index (χ0v) is 13.8. The van der Waals surface area contributed by atoms with Crippen LogP contribution in [0.1, 0.15) is 42.3 Å². The van der Waals surface area contributed by atoms with Crippen molar-refractivity contribution in [3.63, 3.8) is 0 Å². The van der Waals surface area contributed by atoms with Crippen LogP contribution in [0.3, 0.4) is 0 Å². The van der Waals surface area contributed by atoms with Crippen molar-refractivity contribution in [3.8, 4) is 0 Å². The Kier molecular flexibility index (Phi) is 4.00. The molecule has 0 spiro atoms. The molecule has 1 aromatic rings. The van der Waals surface area contributed by atoms with E-state index in [9.17, 15) is 4.79 Å². The molecule has 1 unspecified atom stereocenters. The third-order valence-corrected chi connectivity index (χ3v) is 6.64. The Labute approximate surface area is 128 Å². The van der Waals surface area contributed by atoms with Gasteiger partial charge in [-0.25, -0.2) is 0 Å². The molecule has 0 aromatic carbocycles. The summed E-state index contributed by atoms with van der Waals surface area (Å²) in [4.78, 5) is 16.7. The third kappa shape index (κ3) is 2.46. The van der Waals surface area contributed by atoms with Crippen molar-refractivity contribution >= 4 is 39.6 Å². The van der Waals surface area contributed by atoms with Crippen LogP contribution in [-0.4, -0.2) is 25.1 Å². The summed E-state index contributed by atoms with van der Waals surface area (Å²) in [5.41, 5.74) is 6.99. The van der Waals surface area contributed by atoms with Gasteiger partial charge in [0.15, 0.2) is 5.78 Å². The average molecular weight is 310 g/mol. The van der Waals surface area contributed by atoms with Crippen molar-refractivity contribution in [2.75, 3.05) is 30.0 Å². The van der Waals surface area contributed by atoms with Crippen molar-refractivity contribution in [1.29, 1.82) is 0 Å². The number of Topliss-reactive ketones (excluding diaryl/α,β-unsaturated/α-hetero) is 1. The zero-order valence-electron chi connectivity index (χ0n) is 12.1. The summed E-state index contributed by atoms with van der Waals surface area (Å²) in [5, 5.41) is 1.23. The van der Waals surface area contributed by atoms with Crippen LogP contribution in [0.25, 0.3) is 0 Å². The minimum atomic E-state index is 0.250. The zero-order chi connectivity index (χ0) is 14.3. The molecule has 1 aliphatic carbocycles. The molecular weight excluding hydrogens is 288 g/mol. The summed E-state index contributed by atoms with van der Waals surface area (Å²) in [6, 6.07) is 0. The topological polar surface area (TPSA) is 46.3 Å². The number of anilines is 2. The van der Waals surface area contributed by atoms with Crippen LogP contribution in [0.2, 0.25) is 0 Å². The van der Waals surface area contributed by atoms with E-state index >= 15 is 0 Å². The number of carbonyl (C=O) groups is 1. The molecule has 3 rings (SSSR count). The molecule has 2 aliphatic rings. The van der Waals surface area contributed by atoms with E-state index in [4.69, 9.17) is 5.73 Å². The highest BCUT2D eigenvalue weighted by molar-refractivity contribution is 7.99. The van der Waals surface area contributed by atoms with E-state index in [2.05, 4.69) is 18.1 Å². The van der Waals surface area contributed by atoms with Crippen LogP contribution in [0.5, 0.6) is 0 Å². The predicted octanol–water partition coefficient (Wildman–Crippen LogP) is 3.88. The highest BCUT2D eigenvalue weighted by Gasteiger charge is 2.35. The predicted molar refractivity (Wildman–Crippen MR) is 88.2 cm³/mol. The van der Waals surface area contributed by atoms with Gasteiger partial charge in [-0.05, 0) is 31.4 Å². The van der Waals surface area contributed by atoms with E-state index < -0.39 is 0 Å². The normalized spacial score (nSPS) is 22.5. The van der Waals surface area contributed by atoms with Gasteiger partial charge in [0.1, 0.15) is 5.00 Å². The first-order chi connectivity index (χ1) is 9.65. The molecule has 110 valence electrons. The number of thioether (sulfide) groups is 1. The van der Waals surface area contributed by atoms with Gasteiger partial charge in [-0.1, -0.05) is 13.3 Å². The standard InChI is InChI=1S/C15H22N2OS2/c1-3-9-6-7-17(8-9)15-14(19-2)11(16)13(20-15)12(18)10-4-5-10/h9-10H,3-8,16H2,1-2H3. The Morgan fingerprint density at radius 1 is 1.45 bits per heavy atom. The minimum absolute atomic E-state index is 0.250. The Balaban J connectivity index is 1.90. The maximum Gasteiger partial charge on any atom is 0.178 e. The fraction of sp³-hybridized carbons (Fsp3) is 0.667. The molecule has 0 bridgehead atoms. The number of nitrogens with two attached hydrogens (primary N) is 1. The van der Waals surface area contributed by atoms with E-state index in [-0.39, 0.29) is 11.7 Å². The number of nitrogen functional groups attached to an aromatic ring is 1. The molecule has 2 heterocycles. The van der Waals surface area contributed by atoms with Gasteiger partial charge in [-0.3, -0.25) is 4.79 Å². The second-order valence-electron chi connectivity index (χ2n) is 5.83. The Morgan fingerprint density at radius 3 is 2.75 bits per heavy atom. The Bertz CT molecular complexity index is 522. The van der Waals surface area contributed by atoms with Crippen molar-refractivity contribution in [2.24, 2.45) is 11.8 Å². The largest absolute Gasteiger partial charge is 0.396 e. The smallest absolute Gasteiger partial charge is 0.178 e. The first kappa shape index (κ1) is 14.3. The second-order valence-corrected chi connectivity index (χ2v) is 7.65. The van der Waals surface area contributed by atoms with Gasteiger partial charge in [-0.15, -0.1) is 23.1 Å². The molecule has 1 aliphatic heterocycles. The number of hydrogen-bond acceptors (Lipinski definition) is 5. The van der Waals surface area contributed by atoms with Crippen LogP contribution >= 0.6 is 23.1 Å². The first-order valence-corrected chi connectivity index (χ1v) is 9.45. The van der Waals surface area contributed by atoms with E-state index in [0.717, 1.165) is 47.3 Å². The fourth-order valence-electron chi connectivity index (χ4n) is 2.89. The lowest BCUT2D eigenvalue weighted by atomic mass is 10.1. The molecule has 2 fully saturated rings. The molecule has 1 saturated heterocycles. The Morgan fingerprint density at radius 2 is 2.20 bits per heavy atom. The van der Waals surface area contributed by atoms with Crippen LogP contribution in [-0.2, 0) is 0 Å². The van der Waals surface area contributed by atoms with Gasteiger partial charge in [0.25, 0.3) is 0 Å². The molecule has 5 heteroatoms. The summed E-state index contributed by atoms with van der Waals surface area (Å²) >= 11 is 3.31. The van der Waals surface area contributed by atoms with Crippen molar-refractivity contribution in [1.82, 2.24) is 0 Å². The number of rotatable bonds is 5. The van der Waals surface area contributed by atoms with Crippen LogP contribution in [0.15, 0.2) is 4.90 Å². The summed E-state index contributed by atoms with van der Waals surface area (Å²) < 4.78 is 0. The lowest BCUT2D eigenvalue weighted by Crippen LogP contribution is -2.18. The molecule has 20 heavy (non-hydrogen) atoms. The quantitative estimate of drug-likeness (QED) is 0.662. The first-order valence-electron chi connectivity index (χ1n) is 7.41. The summed E-state index contributed by atoms with van der Waals surface area (Å²) in [5.74, 6) is 1.32. The molecule has 1 atom stereocenters. The van der Waals surface area contributed by atoms with Gasteiger partial charge >= 0.3 is 0 Å². The number of ketones is 1. The lowest BCUT2D eigenvalue weighted by Gasteiger charge is -2.17. The maximum absolute atomic E-state index is 12.3. The fourth-order valence-corrected chi connectivity index (χ4v) is 5.12. The molecule has 2 N–H and O–H groups in total. The summed E-state index contributed by atoms with van der Waals surface area (Å²) in [6.45, 7) is 4.47. The van der Waals surface area contributed by atoms with E-state index in [0.29, 0.717) is 0 Å². The molecule has 1 saturated carbocycles. The van der Waals surface area contributed by atoms with E-state index in [1.165, 1.54) is 17.8 Å². The van der Waals surface area contributed by atoms with E-state index in [1.54, 1.807) is 23.1 Å². The van der Waals surface area contributed by atoms with Crippen molar-refractivity contribution < 1.29 is 4.79 Å². The van der Waals surface area contributed by atoms with Gasteiger partial charge in [0.2, 0.25) is 0 Å². The second kappa shape index (κ2) is 5.60. The van der Waals surface area contributed by atoms with Gasteiger partial charge < -0.3 is 10.6 Å². The average Bonchev–Trinajstić information content (AvgIpc) is 3.10.